The third kappa shape index (κ3) is 2.64. The van der Waals surface area contributed by atoms with E-state index in [0.717, 1.165) is 42.6 Å². The quantitative estimate of drug-likeness (QED) is 0.840. The topological polar surface area (TPSA) is 45.2 Å². The highest BCUT2D eigenvalue weighted by Crippen LogP contribution is 2.17. The Labute approximate surface area is 112 Å². The number of hydrogen-bond donors (Lipinski definition) is 1. The predicted octanol–water partition coefficient (Wildman–Crippen LogP) is 1.32. The van der Waals surface area contributed by atoms with Crippen molar-refractivity contribution in [2.45, 2.75) is 0 Å². The molecule has 4 nitrogen and oxygen atoms in total. The average molecular weight is 255 g/mol. The second-order valence-corrected chi connectivity index (χ2v) is 4.82. The lowest BCUT2D eigenvalue weighted by Gasteiger charge is -2.26. The number of rotatable bonds is 3. The zero-order valence-electron chi connectivity index (χ0n) is 10.8. The molecular weight excluding hydrogens is 238 g/mol. The summed E-state index contributed by atoms with van der Waals surface area (Å²) in [4.78, 5) is 18.9. The number of fused-ring (bicyclic) bond motifs is 1. The van der Waals surface area contributed by atoms with Crippen LogP contribution in [0, 0.1) is 0 Å². The van der Waals surface area contributed by atoms with Crippen LogP contribution in [0.3, 0.4) is 0 Å². The molecule has 1 N–H and O–H groups in total. The maximum absolute atomic E-state index is 12.4. The van der Waals surface area contributed by atoms with Gasteiger partial charge < -0.3 is 5.32 Å². The van der Waals surface area contributed by atoms with Crippen LogP contribution >= 0.6 is 0 Å². The maximum Gasteiger partial charge on any atom is 0.177 e. The molecule has 3 rings (SSSR count). The summed E-state index contributed by atoms with van der Waals surface area (Å²) in [6, 6.07) is 9.59. The largest absolute Gasteiger partial charge is 0.314 e. The van der Waals surface area contributed by atoms with Gasteiger partial charge in [-0.3, -0.25) is 14.7 Å². The lowest BCUT2D eigenvalue weighted by molar-refractivity contribution is 0.0923. The van der Waals surface area contributed by atoms with Gasteiger partial charge in [0.05, 0.1) is 12.1 Å². The Morgan fingerprint density at radius 3 is 2.89 bits per heavy atom. The van der Waals surface area contributed by atoms with E-state index in [1.807, 2.05) is 30.3 Å². The summed E-state index contributed by atoms with van der Waals surface area (Å²) in [6.07, 6.45) is 1.76. The number of ketones is 1. The van der Waals surface area contributed by atoms with Gasteiger partial charge in [-0.15, -0.1) is 0 Å². The van der Waals surface area contributed by atoms with Crippen LogP contribution in [-0.4, -0.2) is 48.4 Å². The first-order chi connectivity index (χ1) is 9.34. The average Bonchev–Trinajstić information content (AvgIpc) is 2.47. The zero-order chi connectivity index (χ0) is 13.1. The molecule has 98 valence electrons. The number of nitrogens with one attached hydrogen (secondary N) is 1. The first-order valence-electron chi connectivity index (χ1n) is 6.64. The molecule has 0 atom stereocenters. The van der Waals surface area contributed by atoms with E-state index in [0.29, 0.717) is 6.54 Å². The van der Waals surface area contributed by atoms with Crippen LogP contribution < -0.4 is 5.32 Å². The fourth-order valence-corrected chi connectivity index (χ4v) is 2.50. The van der Waals surface area contributed by atoms with Crippen molar-refractivity contribution in [3.05, 3.63) is 42.1 Å². The summed E-state index contributed by atoms with van der Waals surface area (Å²) >= 11 is 0. The van der Waals surface area contributed by atoms with Crippen LogP contribution in [0.1, 0.15) is 10.4 Å². The molecule has 4 heteroatoms. The molecule has 0 radical (unpaired) electrons. The zero-order valence-corrected chi connectivity index (χ0v) is 10.8. The molecule has 0 bridgehead atoms. The number of nitrogens with zero attached hydrogens (tertiary/aromatic N) is 2. The van der Waals surface area contributed by atoms with Crippen LogP contribution in [-0.2, 0) is 0 Å². The molecule has 1 aromatic heterocycles. The van der Waals surface area contributed by atoms with E-state index in [2.05, 4.69) is 15.2 Å². The summed E-state index contributed by atoms with van der Waals surface area (Å²) in [5.74, 6) is 0.181. The molecular formula is C15H17N3O. The van der Waals surface area contributed by atoms with Gasteiger partial charge in [0.1, 0.15) is 0 Å². The molecule has 1 aromatic carbocycles. The molecule has 0 spiro atoms. The number of benzene rings is 1. The first-order valence-corrected chi connectivity index (χ1v) is 6.64. The van der Waals surface area contributed by atoms with E-state index in [4.69, 9.17) is 0 Å². The minimum absolute atomic E-state index is 0.181. The van der Waals surface area contributed by atoms with Crippen molar-refractivity contribution < 1.29 is 4.79 Å². The summed E-state index contributed by atoms with van der Waals surface area (Å²) in [7, 11) is 0. The Bertz CT molecular complexity index is 585. The number of carbonyl (C=O) groups is 1. The molecule has 1 saturated heterocycles. The number of hydrogen-bond acceptors (Lipinski definition) is 4. The number of piperazine rings is 1. The van der Waals surface area contributed by atoms with Crippen LogP contribution in [0.5, 0.6) is 0 Å². The first kappa shape index (κ1) is 12.3. The molecule has 1 aliphatic heterocycles. The normalized spacial score (nSPS) is 16.6. The van der Waals surface area contributed by atoms with Crippen LogP contribution in [0.25, 0.3) is 10.9 Å². The Hall–Kier alpha value is -1.78. The highest BCUT2D eigenvalue weighted by Gasteiger charge is 2.16. The highest BCUT2D eigenvalue weighted by molar-refractivity contribution is 6.08. The van der Waals surface area contributed by atoms with Gasteiger partial charge >= 0.3 is 0 Å². The number of pyridine rings is 1. The minimum atomic E-state index is 0.181. The molecule has 2 aromatic rings. The molecule has 0 amide bonds. The van der Waals surface area contributed by atoms with Gasteiger partial charge in [0, 0.05) is 43.3 Å². The van der Waals surface area contributed by atoms with E-state index in [-0.39, 0.29) is 5.78 Å². The smallest absolute Gasteiger partial charge is 0.177 e. The molecule has 2 heterocycles. The summed E-state index contributed by atoms with van der Waals surface area (Å²) in [5, 5.41) is 4.24. The molecule has 1 aliphatic rings. The Morgan fingerprint density at radius 1 is 1.21 bits per heavy atom. The van der Waals surface area contributed by atoms with E-state index >= 15 is 0 Å². The lowest BCUT2D eigenvalue weighted by atomic mass is 10.0. The van der Waals surface area contributed by atoms with Crippen molar-refractivity contribution in [2.24, 2.45) is 0 Å². The number of carbonyl (C=O) groups excluding carboxylic acids is 1. The van der Waals surface area contributed by atoms with E-state index in [1.54, 1.807) is 6.20 Å². The number of aromatic nitrogens is 1. The standard InChI is InChI=1S/C15H17N3O/c19-15(11-18-9-7-16-8-10-18)13-3-1-5-14-12(13)4-2-6-17-14/h1-6,16H,7-11H2. The van der Waals surface area contributed by atoms with Crippen molar-refractivity contribution in [1.29, 1.82) is 0 Å². The fraction of sp³-hybridized carbons (Fsp3) is 0.333. The van der Waals surface area contributed by atoms with Gasteiger partial charge in [-0.05, 0) is 12.1 Å². The SMILES string of the molecule is O=C(CN1CCNCC1)c1cccc2ncccc12. The van der Waals surface area contributed by atoms with Gasteiger partial charge in [0.15, 0.2) is 5.78 Å². The van der Waals surface area contributed by atoms with Crippen molar-refractivity contribution in [1.82, 2.24) is 15.2 Å². The lowest BCUT2D eigenvalue weighted by Crippen LogP contribution is -2.45. The van der Waals surface area contributed by atoms with Gasteiger partial charge in [-0.1, -0.05) is 18.2 Å². The van der Waals surface area contributed by atoms with Crippen molar-refractivity contribution in [3.63, 3.8) is 0 Å². The van der Waals surface area contributed by atoms with E-state index in [9.17, 15) is 4.79 Å². The molecule has 1 fully saturated rings. The van der Waals surface area contributed by atoms with Gasteiger partial charge in [-0.2, -0.15) is 0 Å². The summed E-state index contributed by atoms with van der Waals surface area (Å²) in [5.41, 5.74) is 1.66. The summed E-state index contributed by atoms with van der Waals surface area (Å²) < 4.78 is 0. The monoisotopic (exact) mass is 255 g/mol. The van der Waals surface area contributed by atoms with Gasteiger partial charge in [0.2, 0.25) is 0 Å². The third-order valence-corrected chi connectivity index (χ3v) is 3.52. The second kappa shape index (κ2) is 5.47. The van der Waals surface area contributed by atoms with Gasteiger partial charge in [0.25, 0.3) is 0 Å². The third-order valence-electron chi connectivity index (χ3n) is 3.52. The van der Waals surface area contributed by atoms with Crippen molar-refractivity contribution in [3.8, 4) is 0 Å². The minimum Gasteiger partial charge on any atom is -0.314 e. The molecule has 0 unspecified atom stereocenters. The Kier molecular flexibility index (Phi) is 3.53. The summed E-state index contributed by atoms with van der Waals surface area (Å²) in [6.45, 7) is 4.30. The van der Waals surface area contributed by atoms with Gasteiger partial charge in [-0.25, -0.2) is 0 Å². The Morgan fingerprint density at radius 2 is 2.05 bits per heavy atom. The molecule has 0 aliphatic carbocycles. The molecule has 19 heavy (non-hydrogen) atoms. The molecule has 0 saturated carbocycles. The van der Waals surface area contributed by atoms with E-state index in [1.165, 1.54) is 0 Å². The van der Waals surface area contributed by atoms with Crippen molar-refractivity contribution >= 4 is 16.7 Å². The maximum atomic E-state index is 12.4. The highest BCUT2D eigenvalue weighted by atomic mass is 16.1. The number of Topliss-reactive ketones (excluding diaryl/α,β-unsaturated/α-hetero) is 1. The van der Waals surface area contributed by atoms with Crippen LogP contribution in [0.2, 0.25) is 0 Å². The second-order valence-electron chi connectivity index (χ2n) is 4.82. The van der Waals surface area contributed by atoms with Crippen LogP contribution in [0.4, 0.5) is 0 Å². The fourth-order valence-electron chi connectivity index (χ4n) is 2.50. The predicted molar refractivity (Wildman–Crippen MR) is 75.4 cm³/mol. The van der Waals surface area contributed by atoms with Crippen LogP contribution in [0.15, 0.2) is 36.5 Å². The van der Waals surface area contributed by atoms with Crippen molar-refractivity contribution in [2.75, 3.05) is 32.7 Å². The van der Waals surface area contributed by atoms with E-state index < -0.39 is 0 Å². The Balaban J connectivity index is 1.85.